The molecule has 0 radical (unpaired) electrons. The highest BCUT2D eigenvalue weighted by atomic mass is 16.5. The van der Waals surface area contributed by atoms with Crippen molar-refractivity contribution in [3.8, 4) is 5.75 Å². The van der Waals surface area contributed by atoms with Crippen molar-refractivity contribution in [2.75, 3.05) is 7.11 Å². The zero-order valence-corrected chi connectivity index (χ0v) is 12.3. The lowest BCUT2D eigenvalue weighted by Crippen LogP contribution is -2.57. The molecule has 0 heterocycles. The molecule has 2 bridgehead atoms. The smallest absolute Gasteiger partial charge is 0.311 e. The molecule has 0 aliphatic heterocycles. The Morgan fingerprint density at radius 3 is 2.68 bits per heavy atom. The van der Waals surface area contributed by atoms with Crippen LogP contribution in [0.2, 0.25) is 0 Å². The highest BCUT2D eigenvalue weighted by Gasteiger charge is 2.54. The van der Waals surface area contributed by atoms with Crippen LogP contribution in [0.1, 0.15) is 36.3 Å². The number of nitrogens with one attached hydrogen (secondary N) is 1. The quantitative estimate of drug-likeness (QED) is 0.790. The molecule has 2 N–H and O–H groups in total. The number of benzene rings is 1. The molecule has 0 spiro atoms. The van der Waals surface area contributed by atoms with Crippen LogP contribution < -0.4 is 5.32 Å². The first kappa shape index (κ1) is 14.6. The Morgan fingerprint density at radius 2 is 2.05 bits per heavy atom. The van der Waals surface area contributed by atoms with Crippen LogP contribution in [0.4, 0.5) is 0 Å². The number of aromatic hydroxyl groups is 1. The van der Waals surface area contributed by atoms with E-state index < -0.39 is 23.8 Å². The number of esters is 1. The van der Waals surface area contributed by atoms with E-state index in [9.17, 15) is 19.5 Å². The van der Waals surface area contributed by atoms with Crippen molar-refractivity contribution in [1.29, 1.82) is 0 Å². The molecule has 1 amide bonds. The Bertz CT molecular complexity index is 669. The van der Waals surface area contributed by atoms with E-state index in [1.54, 1.807) is 18.2 Å². The molecule has 6 heteroatoms. The minimum Gasteiger partial charge on any atom is -0.508 e. The van der Waals surface area contributed by atoms with Gasteiger partial charge in [0.25, 0.3) is 0 Å². The molecule has 6 nitrogen and oxygen atoms in total. The molecule has 4 unspecified atom stereocenters. The van der Waals surface area contributed by atoms with Gasteiger partial charge < -0.3 is 15.2 Å². The second-order valence-corrected chi connectivity index (χ2v) is 5.84. The monoisotopic (exact) mass is 303 g/mol. The van der Waals surface area contributed by atoms with Crippen molar-refractivity contribution in [1.82, 2.24) is 5.32 Å². The van der Waals surface area contributed by atoms with Crippen LogP contribution in [-0.4, -0.2) is 35.9 Å². The molecule has 116 valence electrons. The summed E-state index contributed by atoms with van der Waals surface area (Å²) < 4.78 is 4.88. The average molecular weight is 303 g/mol. The number of ether oxygens (including phenoxy) is 1. The number of carbonyl (C=O) groups excluding carboxylic acids is 3. The van der Waals surface area contributed by atoms with E-state index in [1.165, 1.54) is 14.0 Å². The van der Waals surface area contributed by atoms with Crippen molar-refractivity contribution in [2.24, 2.45) is 5.92 Å². The normalized spacial score (nSPS) is 28.9. The number of phenols is 1. The summed E-state index contributed by atoms with van der Waals surface area (Å²) in [6, 6.07) is 4.21. The zero-order chi connectivity index (χ0) is 16.0. The van der Waals surface area contributed by atoms with Gasteiger partial charge in [0.05, 0.1) is 25.0 Å². The van der Waals surface area contributed by atoms with Crippen molar-refractivity contribution >= 4 is 17.7 Å². The fourth-order valence-electron chi connectivity index (χ4n) is 3.82. The molecule has 1 saturated carbocycles. The molecular weight excluding hydrogens is 286 g/mol. The summed E-state index contributed by atoms with van der Waals surface area (Å²) in [4.78, 5) is 36.1. The minimum absolute atomic E-state index is 0.0259. The van der Waals surface area contributed by atoms with Crippen LogP contribution in [0.25, 0.3) is 0 Å². The predicted molar refractivity (Wildman–Crippen MR) is 76.3 cm³/mol. The summed E-state index contributed by atoms with van der Waals surface area (Å²) >= 11 is 0. The topological polar surface area (TPSA) is 92.7 Å². The maximum absolute atomic E-state index is 12.4. The Labute approximate surface area is 127 Å². The molecule has 0 aromatic heterocycles. The van der Waals surface area contributed by atoms with Crippen LogP contribution in [-0.2, 0) is 19.1 Å². The van der Waals surface area contributed by atoms with E-state index in [-0.39, 0.29) is 29.8 Å². The van der Waals surface area contributed by atoms with Gasteiger partial charge in [0, 0.05) is 19.3 Å². The van der Waals surface area contributed by atoms with E-state index in [1.807, 2.05) is 0 Å². The van der Waals surface area contributed by atoms with Gasteiger partial charge in [-0.15, -0.1) is 0 Å². The lowest BCUT2D eigenvalue weighted by Gasteiger charge is -2.47. The van der Waals surface area contributed by atoms with Gasteiger partial charge in [0.1, 0.15) is 11.5 Å². The van der Waals surface area contributed by atoms with Crippen LogP contribution in [0.5, 0.6) is 5.75 Å². The fraction of sp³-hybridized carbons (Fsp3) is 0.438. The first-order valence-corrected chi connectivity index (χ1v) is 7.14. The van der Waals surface area contributed by atoms with E-state index in [0.29, 0.717) is 5.56 Å². The molecule has 3 aliphatic carbocycles. The van der Waals surface area contributed by atoms with Gasteiger partial charge in [0.2, 0.25) is 5.91 Å². The molecule has 1 fully saturated rings. The predicted octanol–water partition coefficient (Wildman–Crippen LogP) is 0.840. The molecule has 0 saturated heterocycles. The van der Waals surface area contributed by atoms with E-state index in [0.717, 1.165) is 5.56 Å². The highest BCUT2D eigenvalue weighted by molar-refractivity contribution is 5.95. The van der Waals surface area contributed by atoms with E-state index in [2.05, 4.69) is 5.32 Å². The molecule has 1 aromatic rings. The lowest BCUT2D eigenvalue weighted by molar-refractivity contribution is -0.150. The van der Waals surface area contributed by atoms with Crippen molar-refractivity contribution < 1.29 is 24.2 Å². The van der Waals surface area contributed by atoms with Crippen molar-refractivity contribution in [3.05, 3.63) is 29.3 Å². The highest BCUT2D eigenvalue weighted by Crippen LogP contribution is 2.51. The van der Waals surface area contributed by atoms with Gasteiger partial charge in [-0.3, -0.25) is 14.4 Å². The summed E-state index contributed by atoms with van der Waals surface area (Å²) in [6.07, 6.45) is 0.248. The number of phenolic OH excluding ortho intramolecular Hbond substituents is 1. The minimum atomic E-state index is -0.634. The largest absolute Gasteiger partial charge is 0.508 e. The molecule has 4 atom stereocenters. The molecule has 1 aromatic carbocycles. The van der Waals surface area contributed by atoms with Crippen LogP contribution in [0.3, 0.4) is 0 Å². The number of hydrogen-bond donors (Lipinski definition) is 2. The van der Waals surface area contributed by atoms with Gasteiger partial charge in [-0.2, -0.15) is 0 Å². The van der Waals surface area contributed by atoms with Gasteiger partial charge in [-0.05, 0) is 23.3 Å². The first-order valence-electron chi connectivity index (χ1n) is 7.14. The number of rotatable bonds is 2. The van der Waals surface area contributed by atoms with Gasteiger partial charge in [0.15, 0.2) is 0 Å². The number of hydrogen-bond acceptors (Lipinski definition) is 5. The van der Waals surface area contributed by atoms with Crippen LogP contribution in [0.15, 0.2) is 18.2 Å². The lowest BCUT2D eigenvalue weighted by atomic mass is 9.58. The number of amides is 1. The molecule has 4 rings (SSSR count). The van der Waals surface area contributed by atoms with E-state index in [4.69, 9.17) is 4.74 Å². The zero-order valence-electron chi connectivity index (χ0n) is 12.3. The number of fused-ring (bicyclic) bond motifs is 2. The maximum atomic E-state index is 12.4. The van der Waals surface area contributed by atoms with Gasteiger partial charge in [-0.1, -0.05) is 6.07 Å². The number of Topliss-reactive ketones (excluding diaryl/α,β-unsaturated/α-hetero) is 1. The SMILES string of the molecule is COC(=O)C1C2CC(=O)C(c3cc(O)ccc32)C1NC(C)=O. The number of carbonyl (C=O) groups is 3. The number of methoxy groups -OCH3 is 1. The second kappa shape index (κ2) is 5.12. The molecular formula is C16H17NO5. The Morgan fingerprint density at radius 1 is 1.32 bits per heavy atom. The van der Waals surface area contributed by atoms with Crippen LogP contribution in [0, 0.1) is 5.92 Å². The average Bonchev–Trinajstić information content (AvgIpc) is 2.45. The Hall–Kier alpha value is -2.37. The third-order valence-corrected chi connectivity index (χ3v) is 4.60. The van der Waals surface area contributed by atoms with Crippen molar-refractivity contribution in [2.45, 2.75) is 31.2 Å². The summed E-state index contributed by atoms with van der Waals surface area (Å²) in [5, 5.41) is 12.4. The summed E-state index contributed by atoms with van der Waals surface area (Å²) in [5.41, 5.74) is 1.57. The van der Waals surface area contributed by atoms with Crippen LogP contribution >= 0.6 is 0 Å². The molecule has 22 heavy (non-hydrogen) atoms. The Balaban J connectivity index is 2.15. The Kier molecular flexibility index (Phi) is 3.39. The first-order chi connectivity index (χ1) is 10.4. The fourth-order valence-corrected chi connectivity index (χ4v) is 3.82. The summed E-state index contributed by atoms with van der Waals surface area (Å²) in [7, 11) is 1.30. The standard InChI is InChI=1S/C16H17NO5/c1-7(18)17-15-13-10-5-8(19)3-4-9(10)11(6-12(13)20)14(15)16(21)22-2/h3-5,11,13-15,19H,6H2,1-2H3,(H,17,18). The third kappa shape index (κ3) is 2.06. The maximum Gasteiger partial charge on any atom is 0.311 e. The number of ketones is 1. The summed E-state index contributed by atoms with van der Waals surface area (Å²) in [5.74, 6) is -2.25. The van der Waals surface area contributed by atoms with E-state index >= 15 is 0 Å². The van der Waals surface area contributed by atoms with Gasteiger partial charge >= 0.3 is 5.97 Å². The third-order valence-electron chi connectivity index (χ3n) is 4.60. The van der Waals surface area contributed by atoms with Gasteiger partial charge in [-0.25, -0.2) is 0 Å². The summed E-state index contributed by atoms with van der Waals surface area (Å²) in [6.45, 7) is 1.35. The van der Waals surface area contributed by atoms with Crippen molar-refractivity contribution in [3.63, 3.8) is 0 Å². The molecule has 3 aliphatic rings. The second-order valence-electron chi connectivity index (χ2n) is 5.84.